The average Bonchev–Trinajstić information content (AvgIpc) is 2.81. The van der Waals surface area contributed by atoms with Crippen LogP contribution < -0.4 is 0 Å². The summed E-state index contributed by atoms with van der Waals surface area (Å²) in [4.78, 5) is 14.7. The molecule has 0 bridgehead atoms. The number of aryl methyl sites for hydroxylation is 1. The summed E-state index contributed by atoms with van der Waals surface area (Å²) >= 11 is 0. The molecule has 1 heterocycles. The molecular formula is C14H23N3O2. The lowest BCUT2D eigenvalue weighted by atomic mass is 10.1. The molecular weight excluding hydrogens is 242 g/mol. The minimum Gasteiger partial charge on any atom is -0.478 e. The normalized spacial score (nSPS) is 10.6. The van der Waals surface area contributed by atoms with Gasteiger partial charge in [0.05, 0.1) is 0 Å². The van der Waals surface area contributed by atoms with Crippen LogP contribution in [0.1, 0.15) is 51.3 Å². The van der Waals surface area contributed by atoms with Gasteiger partial charge in [0.1, 0.15) is 6.33 Å². The van der Waals surface area contributed by atoms with Crippen LogP contribution in [0, 0.1) is 0 Å². The predicted octanol–water partition coefficient (Wildman–Crippen LogP) is 2.82. The highest BCUT2D eigenvalue weighted by molar-refractivity contribution is 5.86. The van der Waals surface area contributed by atoms with E-state index in [2.05, 4.69) is 23.6 Å². The van der Waals surface area contributed by atoms with Crippen molar-refractivity contribution in [3.8, 4) is 0 Å². The number of nitrogens with zero attached hydrogens (tertiary/aromatic N) is 3. The number of hydrogen-bond donors (Lipinski definition) is 1. The van der Waals surface area contributed by atoms with Crippen LogP contribution in [0.5, 0.6) is 0 Å². The fraction of sp³-hybridized carbons (Fsp3) is 0.643. The Labute approximate surface area is 114 Å². The molecule has 0 saturated heterocycles. The first-order valence-corrected chi connectivity index (χ1v) is 6.93. The third-order valence-corrected chi connectivity index (χ3v) is 3.00. The maximum atomic E-state index is 10.6. The van der Waals surface area contributed by atoms with E-state index in [1.807, 2.05) is 0 Å². The molecule has 0 atom stereocenters. The average molecular weight is 265 g/mol. The number of aromatic nitrogens is 3. The van der Waals surface area contributed by atoms with E-state index < -0.39 is 5.97 Å². The highest BCUT2D eigenvalue weighted by Gasteiger charge is 2.08. The molecule has 5 heteroatoms. The molecule has 0 radical (unpaired) electrons. The molecule has 106 valence electrons. The Kier molecular flexibility index (Phi) is 6.85. The molecule has 0 aliphatic rings. The molecule has 0 saturated carbocycles. The summed E-state index contributed by atoms with van der Waals surface area (Å²) in [7, 11) is 0. The minimum atomic E-state index is -0.993. The third kappa shape index (κ3) is 6.18. The first kappa shape index (κ1) is 15.4. The Morgan fingerprint density at radius 1 is 1.32 bits per heavy atom. The van der Waals surface area contributed by atoms with Crippen LogP contribution in [-0.2, 0) is 17.8 Å². The molecule has 1 aromatic rings. The number of rotatable bonds is 10. The number of carboxylic acid groups (broad SMARTS) is 1. The summed E-state index contributed by atoms with van der Waals surface area (Å²) in [5, 5.41) is 13.0. The van der Waals surface area contributed by atoms with Crippen molar-refractivity contribution in [2.75, 3.05) is 0 Å². The van der Waals surface area contributed by atoms with E-state index in [1.165, 1.54) is 32.1 Å². The van der Waals surface area contributed by atoms with E-state index >= 15 is 0 Å². The van der Waals surface area contributed by atoms with E-state index in [0.29, 0.717) is 5.82 Å². The van der Waals surface area contributed by atoms with E-state index in [0.717, 1.165) is 13.0 Å². The van der Waals surface area contributed by atoms with Gasteiger partial charge in [-0.3, -0.25) is 4.68 Å². The monoisotopic (exact) mass is 265 g/mol. The van der Waals surface area contributed by atoms with Crippen molar-refractivity contribution in [2.24, 2.45) is 0 Å². The summed E-state index contributed by atoms with van der Waals surface area (Å²) in [5.74, 6) is -0.467. The molecule has 0 amide bonds. The van der Waals surface area contributed by atoms with Gasteiger partial charge in [0.25, 0.3) is 0 Å². The number of unbranched alkanes of at least 4 members (excludes halogenated alkanes) is 5. The van der Waals surface area contributed by atoms with E-state index in [4.69, 9.17) is 5.11 Å². The van der Waals surface area contributed by atoms with Gasteiger partial charge in [0, 0.05) is 18.5 Å². The van der Waals surface area contributed by atoms with Gasteiger partial charge in [0.15, 0.2) is 5.82 Å². The zero-order valence-corrected chi connectivity index (χ0v) is 11.6. The van der Waals surface area contributed by atoms with Gasteiger partial charge in [-0.25, -0.2) is 9.78 Å². The van der Waals surface area contributed by atoms with Gasteiger partial charge in [-0.1, -0.05) is 45.6 Å². The maximum Gasteiger partial charge on any atom is 0.331 e. The molecule has 0 fully saturated rings. The molecule has 19 heavy (non-hydrogen) atoms. The molecule has 0 spiro atoms. The zero-order valence-electron chi connectivity index (χ0n) is 11.6. The van der Waals surface area contributed by atoms with Crippen LogP contribution >= 0.6 is 0 Å². The summed E-state index contributed by atoms with van der Waals surface area (Å²) in [5.41, 5.74) is 0.123. The third-order valence-electron chi connectivity index (χ3n) is 3.00. The Bertz CT molecular complexity index is 413. The Morgan fingerprint density at radius 2 is 2.00 bits per heavy atom. The number of carbonyl (C=O) groups is 1. The Morgan fingerprint density at radius 3 is 2.68 bits per heavy atom. The first-order chi connectivity index (χ1) is 9.13. The number of carboxylic acids is 1. The Balaban J connectivity index is 2.23. The topological polar surface area (TPSA) is 68.0 Å². The van der Waals surface area contributed by atoms with E-state index in [-0.39, 0.29) is 12.0 Å². The van der Waals surface area contributed by atoms with Gasteiger partial charge in [0.2, 0.25) is 0 Å². The van der Waals surface area contributed by atoms with E-state index in [9.17, 15) is 4.79 Å². The van der Waals surface area contributed by atoms with Crippen molar-refractivity contribution in [2.45, 2.75) is 58.4 Å². The first-order valence-electron chi connectivity index (χ1n) is 6.93. The summed E-state index contributed by atoms with van der Waals surface area (Å²) in [6.07, 6.45) is 9.31. The van der Waals surface area contributed by atoms with Crippen LogP contribution in [0.4, 0.5) is 0 Å². The molecule has 5 nitrogen and oxygen atoms in total. The van der Waals surface area contributed by atoms with Crippen LogP contribution in [0.3, 0.4) is 0 Å². The highest BCUT2D eigenvalue weighted by atomic mass is 16.4. The second-order valence-electron chi connectivity index (χ2n) is 4.78. The standard InChI is InChI=1S/C14H23N3O2/c1-3-4-5-6-7-8-9-17-11-15-13(16-17)10-12(2)14(18)19/h11H,2-10H2,1H3,(H,18,19). The lowest BCUT2D eigenvalue weighted by Crippen LogP contribution is -2.05. The molecule has 0 aliphatic heterocycles. The molecule has 1 aromatic heterocycles. The lowest BCUT2D eigenvalue weighted by molar-refractivity contribution is -0.132. The zero-order chi connectivity index (χ0) is 14.1. The molecule has 1 rings (SSSR count). The largest absolute Gasteiger partial charge is 0.478 e. The quantitative estimate of drug-likeness (QED) is 0.522. The van der Waals surface area contributed by atoms with Crippen LogP contribution in [0.25, 0.3) is 0 Å². The predicted molar refractivity (Wildman–Crippen MR) is 73.9 cm³/mol. The summed E-state index contributed by atoms with van der Waals surface area (Å²) in [6.45, 7) is 6.53. The van der Waals surface area contributed by atoms with Crippen molar-refractivity contribution >= 4 is 5.97 Å². The van der Waals surface area contributed by atoms with Crippen molar-refractivity contribution < 1.29 is 9.90 Å². The minimum absolute atomic E-state index is 0.123. The SMILES string of the molecule is C=C(Cc1ncn(CCCCCCCC)n1)C(=O)O. The van der Waals surface area contributed by atoms with Crippen LogP contribution in [-0.4, -0.2) is 25.8 Å². The molecule has 1 N–H and O–H groups in total. The summed E-state index contributed by atoms with van der Waals surface area (Å²) in [6, 6.07) is 0. The van der Waals surface area contributed by atoms with E-state index in [1.54, 1.807) is 11.0 Å². The van der Waals surface area contributed by atoms with Crippen molar-refractivity contribution in [3.05, 3.63) is 24.3 Å². The van der Waals surface area contributed by atoms with Gasteiger partial charge in [-0.15, -0.1) is 0 Å². The maximum absolute atomic E-state index is 10.6. The molecule has 0 unspecified atom stereocenters. The fourth-order valence-electron chi connectivity index (χ4n) is 1.84. The van der Waals surface area contributed by atoms with Crippen molar-refractivity contribution in [1.29, 1.82) is 0 Å². The second kappa shape index (κ2) is 8.45. The Hall–Kier alpha value is -1.65. The fourth-order valence-corrected chi connectivity index (χ4v) is 1.84. The van der Waals surface area contributed by atoms with Gasteiger partial charge in [-0.05, 0) is 6.42 Å². The van der Waals surface area contributed by atoms with Crippen molar-refractivity contribution in [3.63, 3.8) is 0 Å². The van der Waals surface area contributed by atoms with Crippen molar-refractivity contribution in [1.82, 2.24) is 14.8 Å². The smallest absolute Gasteiger partial charge is 0.331 e. The van der Waals surface area contributed by atoms with Crippen LogP contribution in [0.15, 0.2) is 18.5 Å². The van der Waals surface area contributed by atoms with Gasteiger partial charge < -0.3 is 5.11 Å². The second-order valence-corrected chi connectivity index (χ2v) is 4.78. The number of hydrogen-bond acceptors (Lipinski definition) is 3. The molecule has 0 aromatic carbocycles. The highest BCUT2D eigenvalue weighted by Crippen LogP contribution is 2.06. The lowest BCUT2D eigenvalue weighted by Gasteiger charge is -2.01. The summed E-state index contributed by atoms with van der Waals surface area (Å²) < 4.78 is 1.78. The van der Waals surface area contributed by atoms with Gasteiger partial charge >= 0.3 is 5.97 Å². The number of aliphatic carboxylic acids is 1. The molecule has 0 aliphatic carbocycles. The van der Waals surface area contributed by atoms with Gasteiger partial charge in [-0.2, -0.15) is 5.10 Å². The van der Waals surface area contributed by atoms with Crippen LogP contribution in [0.2, 0.25) is 0 Å².